The summed E-state index contributed by atoms with van der Waals surface area (Å²) < 4.78 is 27.3. The van der Waals surface area contributed by atoms with Crippen molar-refractivity contribution in [3.8, 4) is 11.3 Å². The molecule has 162 valence electrons. The maximum absolute atomic E-state index is 12.5. The van der Waals surface area contributed by atoms with Crippen LogP contribution in [0, 0.1) is 10.1 Å². The Morgan fingerprint density at radius 1 is 1.13 bits per heavy atom. The number of nitro groups is 1. The summed E-state index contributed by atoms with van der Waals surface area (Å²) in [5.41, 5.74) is 0.649. The molecule has 1 heterocycles. The summed E-state index contributed by atoms with van der Waals surface area (Å²) in [6.07, 6.45) is 0. The standard InChI is InChI=1S/C20H20N4O5S2/c1-20(2,3)23-31(28,29)16-9-7-13(8-10-16)18(25)22-19-21-17(12-30-19)14-5-4-6-15(11-14)24(26)27/h4-12,23H,1-3H3,(H,21,22,25). The number of nitrogens with one attached hydrogen (secondary N) is 2. The van der Waals surface area contributed by atoms with Gasteiger partial charge in [0.15, 0.2) is 5.13 Å². The van der Waals surface area contributed by atoms with Crippen LogP contribution in [0.15, 0.2) is 58.8 Å². The molecule has 1 amide bonds. The summed E-state index contributed by atoms with van der Waals surface area (Å²) in [5.74, 6) is -0.451. The van der Waals surface area contributed by atoms with Crippen LogP contribution in [-0.4, -0.2) is 29.8 Å². The summed E-state index contributed by atoms with van der Waals surface area (Å²) in [7, 11) is -3.70. The molecule has 0 aliphatic rings. The number of nitrogens with zero attached hydrogens (tertiary/aromatic N) is 2. The largest absolute Gasteiger partial charge is 0.298 e. The highest BCUT2D eigenvalue weighted by Crippen LogP contribution is 2.27. The Balaban J connectivity index is 1.73. The zero-order valence-electron chi connectivity index (χ0n) is 16.9. The number of anilines is 1. The van der Waals surface area contributed by atoms with Crippen LogP contribution >= 0.6 is 11.3 Å². The van der Waals surface area contributed by atoms with E-state index in [4.69, 9.17) is 0 Å². The fourth-order valence-corrected chi connectivity index (χ4v) is 4.79. The van der Waals surface area contributed by atoms with Gasteiger partial charge in [-0.05, 0) is 45.0 Å². The quantitative estimate of drug-likeness (QED) is 0.421. The second-order valence-electron chi connectivity index (χ2n) is 7.68. The van der Waals surface area contributed by atoms with E-state index in [0.29, 0.717) is 16.4 Å². The molecule has 3 rings (SSSR count). The van der Waals surface area contributed by atoms with E-state index in [9.17, 15) is 23.3 Å². The van der Waals surface area contributed by atoms with E-state index in [0.717, 1.165) is 0 Å². The van der Waals surface area contributed by atoms with Crippen molar-refractivity contribution < 1.29 is 18.1 Å². The third-order valence-corrected chi connectivity index (χ3v) is 6.48. The van der Waals surface area contributed by atoms with Crippen LogP contribution < -0.4 is 10.0 Å². The average Bonchev–Trinajstić information content (AvgIpc) is 3.15. The highest BCUT2D eigenvalue weighted by molar-refractivity contribution is 7.89. The Labute approximate surface area is 183 Å². The molecule has 0 radical (unpaired) electrons. The first kappa shape index (κ1) is 22.5. The molecular formula is C20H20N4O5S2. The minimum Gasteiger partial charge on any atom is -0.298 e. The van der Waals surface area contributed by atoms with Gasteiger partial charge in [0, 0.05) is 34.2 Å². The number of amides is 1. The smallest absolute Gasteiger partial charge is 0.270 e. The molecule has 11 heteroatoms. The maximum atomic E-state index is 12.5. The summed E-state index contributed by atoms with van der Waals surface area (Å²) in [4.78, 5) is 27.3. The molecule has 3 aromatic rings. The van der Waals surface area contributed by atoms with Crippen molar-refractivity contribution in [1.29, 1.82) is 0 Å². The van der Waals surface area contributed by atoms with Crippen LogP contribution in [0.25, 0.3) is 11.3 Å². The number of carbonyl (C=O) groups is 1. The number of sulfonamides is 1. The van der Waals surface area contributed by atoms with Crippen molar-refractivity contribution >= 4 is 38.1 Å². The van der Waals surface area contributed by atoms with Crippen LogP contribution in [0.2, 0.25) is 0 Å². The third kappa shape index (κ3) is 5.72. The number of nitro benzene ring substituents is 1. The van der Waals surface area contributed by atoms with Gasteiger partial charge in [-0.3, -0.25) is 20.2 Å². The van der Waals surface area contributed by atoms with Crippen LogP contribution in [0.3, 0.4) is 0 Å². The number of benzene rings is 2. The Kier molecular flexibility index (Phi) is 6.20. The average molecular weight is 461 g/mol. The molecular weight excluding hydrogens is 440 g/mol. The minimum absolute atomic E-state index is 0.0490. The molecule has 0 spiro atoms. The summed E-state index contributed by atoms with van der Waals surface area (Å²) in [6, 6.07) is 11.6. The Morgan fingerprint density at radius 3 is 2.42 bits per heavy atom. The van der Waals surface area contributed by atoms with E-state index >= 15 is 0 Å². The lowest BCUT2D eigenvalue weighted by Crippen LogP contribution is -2.40. The maximum Gasteiger partial charge on any atom is 0.270 e. The Bertz CT molecular complexity index is 1230. The lowest BCUT2D eigenvalue weighted by atomic mass is 10.1. The highest BCUT2D eigenvalue weighted by atomic mass is 32.2. The molecule has 0 fully saturated rings. The molecule has 0 bridgehead atoms. The molecule has 0 saturated carbocycles. The summed E-state index contributed by atoms with van der Waals surface area (Å²) in [6.45, 7) is 5.22. The van der Waals surface area contributed by atoms with E-state index in [1.807, 2.05) is 0 Å². The molecule has 9 nitrogen and oxygen atoms in total. The minimum atomic E-state index is -3.70. The topological polar surface area (TPSA) is 131 Å². The van der Waals surface area contributed by atoms with Crippen LogP contribution in [0.4, 0.5) is 10.8 Å². The molecule has 2 N–H and O–H groups in total. The Hall–Kier alpha value is -3.15. The van der Waals surface area contributed by atoms with Gasteiger partial charge in [0.1, 0.15) is 0 Å². The van der Waals surface area contributed by atoms with Crippen molar-refractivity contribution in [3.63, 3.8) is 0 Å². The number of hydrogen-bond acceptors (Lipinski definition) is 7. The van der Waals surface area contributed by atoms with Gasteiger partial charge in [0.05, 0.1) is 15.5 Å². The molecule has 0 atom stereocenters. The number of non-ortho nitro benzene ring substituents is 1. The van der Waals surface area contributed by atoms with Gasteiger partial charge in [0.25, 0.3) is 11.6 Å². The molecule has 31 heavy (non-hydrogen) atoms. The molecule has 0 saturated heterocycles. The van der Waals surface area contributed by atoms with Crippen LogP contribution in [-0.2, 0) is 10.0 Å². The van der Waals surface area contributed by atoms with Gasteiger partial charge < -0.3 is 0 Å². The lowest BCUT2D eigenvalue weighted by Gasteiger charge is -2.20. The van der Waals surface area contributed by atoms with Crippen molar-refractivity contribution in [2.24, 2.45) is 0 Å². The number of hydrogen-bond donors (Lipinski definition) is 2. The second-order valence-corrected chi connectivity index (χ2v) is 10.2. The zero-order valence-corrected chi connectivity index (χ0v) is 18.6. The lowest BCUT2D eigenvalue weighted by molar-refractivity contribution is -0.384. The van der Waals surface area contributed by atoms with Crippen molar-refractivity contribution in [3.05, 3.63) is 69.6 Å². The van der Waals surface area contributed by atoms with Crippen molar-refractivity contribution in [2.75, 3.05) is 5.32 Å². The molecule has 0 unspecified atom stereocenters. The predicted octanol–water partition coefficient (Wildman–Crippen LogP) is 4.05. The number of rotatable bonds is 6. The van der Waals surface area contributed by atoms with E-state index < -0.39 is 26.4 Å². The van der Waals surface area contributed by atoms with Crippen LogP contribution in [0.5, 0.6) is 0 Å². The molecule has 0 aliphatic carbocycles. The first-order chi connectivity index (χ1) is 14.4. The monoisotopic (exact) mass is 460 g/mol. The normalized spacial score (nSPS) is 11.8. The number of thiazole rings is 1. The van der Waals surface area contributed by atoms with Crippen LogP contribution in [0.1, 0.15) is 31.1 Å². The third-order valence-electron chi connectivity index (χ3n) is 3.94. The molecule has 0 aliphatic heterocycles. The fraction of sp³-hybridized carbons (Fsp3) is 0.200. The first-order valence-corrected chi connectivity index (χ1v) is 11.5. The second kappa shape index (κ2) is 8.53. The highest BCUT2D eigenvalue weighted by Gasteiger charge is 2.22. The van der Waals surface area contributed by atoms with Gasteiger partial charge >= 0.3 is 0 Å². The number of aromatic nitrogens is 1. The van der Waals surface area contributed by atoms with E-state index in [1.165, 1.54) is 47.7 Å². The SMILES string of the molecule is CC(C)(C)NS(=O)(=O)c1ccc(C(=O)Nc2nc(-c3cccc([N+](=O)[O-])c3)cs2)cc1. The number of carbonyl (C=O) groups excluding carboxylic acids is 1. The summed E-state index contributed by atoms with van der Waals surface area (Å²) >= 11 is 1.18. The van der Waals surface area contributed by atoms with Gasteiger partial charge in [-0.2, -0.15) is 0 Å². The fourth-order valence-electron chi connectivity index (χ4n) is 2.66. The first-order valence-electron chi connectivity index (χ1n) is 9.10. The van der Waals surface area contributed by atoms with Gasteiger partial charge in [-0.1, -0.05) is 12.1 Å². The zero-order chi connectivity index (χ0) is 22.8. The van der Waals surface area contributed by atoms with E-state index in [1.54, 1.807) is 38.3 Å². The molecule has 2 aromatic carbocycles. The Morgan fingerprint density at radius 2 is 1.81 bits per heavy atom. The predicted molar refractivity (Wildman–Crippen MR) is 119 cm³/mol. The van der Waals surface area contributed by atoms with Crippen molar-refractivity contribution in [1.82, 2.24) is 9.71 Å². The van der Waals surface area contributed by atoms with E-state index in [2.05, 4.69) is 15.0 Å². The van der Waals surface area contributed by atoms with E-state index in [-0.39, 0.29) is 16.1 Å². The summed E-state index contributed by atoms with van der Waals surface area (Å²) in [5, 5.41) is 15.6. The van der Waals surface area contributed by atoms with Gasteiger partial charge in [0.2, 0.25) is 10.0 Å². The van der Waals surface area contributed by atoms with Gasteiger partial charge in [-0.25, -0.2) is 18.1 Å². The molecule has 1 aromatic heterocycles. The van der Waals surface area contributed by atoms with Crippen molar-refractivity contribution in [2.45, 2.75) is 31.2 Å². The van der Waals surface area contributed by atoms with Gasteiger partial charge in [-0.15, -0.1) is 11.3 Å².